The predicted molar refractivity (Wildman–Crippen MR) is 88.9 cm³/mol. The van der Waals surface area contributed by atoms with Gasteiger partial charge in [0.25, 0.3) is 0 Å². The van der Waals surface area contributed by atoms with E-state index in [-0.39, 0.29) is 0 Å². The quantitative estimate of drug-likeness (QED) is 0.637. The van der Waals surface area contributed by atoms with E-state index in [9.17, 15) is 0 Å². The highest BCUT2D eigenvalue weighted by Gasteiger charge is 2.28. The molecule has 1 aliphatic carbocycles. The maximum atomic E-state index is 6.13. The largest absolute Gasteiger partial charge is 0.407 e. The highest BCUT2D eigenvalue weighted by Crippen LogP contribution is 2.45. The maximum Gasteiger partial charge on any atom is 0.217 e. The highest BCUT2D eigenvalue weighted by molar-refractivity contribution is 7.95. The van der Waals surface area contributed by atoms with Crippen molar-refractivity contribution in [2.45, 2.75) is 51.9 Å². The van der Waals surface area contributed by atoms with Crippen LogP contribution in [0.1, 0.15) is 57.4 Å². The lowest BCUT2D eigenvalue weighted by Gasteiger charge is -2.15. The van der Waals surface area contributed by atoms with Crippen molar-refractivity contribution < 1.29 is 4.18 Å². The third kappa shape index (κ3) is 3.37. The molecule has 0 bridgehead atoms. The molecule has 114 valence electrons. The Morgan fingerprint density at radius 1 is 1.38 bits per heavy atom. The van der Waals surface area contributed by atoms with Gasteiger partial charge in [-0.15, -0.1) is 0 Å². The smallest absolute Gasteiger partial charge is 0.217 e. The summed E-state index contributed by atoms with van der Waals surface area (Å²) in [7, 11) is 0. The summed E-state index contributed by atoms with van der Waals surface area (Å²) in [5.41, 5.74) is 2.45. The van der Waals surface area contributed by atoms with E-state index in [2.05, 4.69) is 35.4 Å². The van der Waals surface area contributed by atoms with Gasteiger partial charge in [0.1, 0.15) is 6.33 Å². The Balaban J connectivity index is 1.73. The summed E-state index contributed by atoms with van der Waals surface area (Å²) in [6.07, 6.45) is 10.1. The molecular weight excluding hydrogens is 280 g/mol. The summed E-state index contributed by atoms with van der Waals surface area (Å²) < 4.78 is 8.21. The van der Waals surface area contributed by atoms with E-state index in [1.54, 1.807) is 12.0 Å². The summed E-state index contributed by atoms with van der Waals surface area (Å²) in [4.78, 5) is 4.25. The lowest BCUT2D eigenvalue weighted by atomic mass is 10.0. The molecule has 2 heterocycles. The van der Waals surface area contributed by atoms with Crippen molar-refractivity contribution >= 4 is 17.6 Å². The van der Waals surface area contributed by atoms with E-state index in [4.69, 9.17) is 4.18 Å². The Hall–Kier alpha value is -1.16. The number of rotatable bonds is 8. The molecule has 0 radical (unpaired) electrons. The van der Waals surface area contributed by atoms with Gasteiger partial charge in [-0.2, -0.15) is 0 Å². The van der Waals surface area contributed by atoms with Crippen LogP contribution in [0.4, 0.5) is 0 Å². The number of pyridine rings is 1. The van der Waals surface area contributed by atoms with Crippen molar-refractivity contribution in [3.8, 4) is 5.88 Å². The van der Waals surface area contributed by atoms with Crippen LogP contribution in [0.5, 0.6) is 5.88 Å². The van der Waals surface area contributed by atoms with Crippen LogP contribution >= 0.6 is 12.0 Å². The standard InChI is InChI=1S/C17H24N2OS/c1-3-5-13(4-2)11-21-20-17-16(14-6-7-14)9-8-15-10-18-12-19(15)17/h8-10,12-14H,3-7,11H2,1-2H3. The maximum absolute atomic E-state index is 6.13. The zero-order chi connectivity index (χ0) is 14.7. The summed E-state index contributed by atoms with van der Waals surface area (Å²) in [6.45, 7) is 4.53. The normalized spacial score (nSPS) is 16.3. The van der Waals surface area contributed by atoms with Gasteiger partial charge in [0.15, 0.2) is 0 Å². The second kappa shape index (κ2) is 6.73. The molecule has 1 unspecified atom stereocenters. The average Bonchev–Trinajstić information content (AvgIpc) is 3.23. The molecule has 3 rings (SSSR count). The van der Waals surface area contributed by atoms with E-state index >= 15 is 0 Å². The molecule has 2 aromatic rings. The van der Waals surface area contributed by atoms with Gasteiger partial charge < -0.3 is 4.18 Å². The number of aromatic nitrogens is 2. The van der Waals surface area contributed by atoms with Gasteiger partial charge in [-0.25, -0.2) is 4.98 Å². The van der Waals surface area contributed by atoms with E-state index in [0.717, 1.165) is 23.1 Å². The van der Waals surface area contributed by atoms with Crippen LogP contribution in [0, 0.1) is 5.92 Å². The molecule has 1 saturated carbocycles. The van der Waals surface area contributed by atoms with Gasteiger partial charge in [-0.1, -0.05) is 32.8 Å². The van der Waals surface area contributed by atoms with Crippen LogP contribution in [0.25, 0.3) is 5.52 Å². The molecule has 0 N–H and O–H groups in total. The molecule has 1 fully saturated rings. The van der Waals surface area contributed by atoms with Crippen molar-refractivity contribution in [3.63, 3.8) is 0 Å². The number of nitrogens with zero attached hydrogens (tertiary/aromatic N) is 2. The zero-order valence-electron chi connectivity index (χ0n) is 12.9. The van der Waals surface area contributed by atoms with Crippen LogP contribution in [0.3, 0.4) is 0 Å². The monoisotopic (exact) mass is 304 g/mol. The number of hydrogen-bond donors (Lipinski definition) is 0. The van der Waals surface area contributed by atoms with Crippen LogP contribution in [-0.4, -0.2) is 15.1 Å². The second-order valence-electron chi connectivity index (χ2n) is 5.99. The third-order valence-corrected chi connectivity index (χ3v) is 5.18. The second-order valence-corrected chi connectivity index (χ2v) is 6.72. The van der Waals surface area contributed by atoms with E-state index in [1.807, 2.05) is 12.5 Å². The first-order chi connectivity index (χ1) is 10.3. The van der Waals surface area contributed by atoms with Gasteiger partial charge >= 0.3 is 0 Å². The fourth-order valence-electron chi connectivity index (χ4n) is 2.78. The first kappa shape index (κ1) is 14.8. The summed E-state index contributed by atoms with van der Waals surface area (Å²) in [5.74, 6) is 3.50. The predicted octanol–water partition coefficient (Wildman–Crippen LogP) is 5.07. The fourth-order valence-corrected chi connectivity index (χ4v) is 3.73. The first-order valence-corrected chi connectivity index (χ1v) is 8.99. The van der Waals surface area contributed by atoms with Crippen molar-refractivity contribution in [1.82, 2.24) is 9.38 Å². The van der Waals surface area contributed by atoms with Gasteiger partial charge in [-0.05, 0) is 37.2 Å². The molecule has 21 heavy (non-hydrogen) atoms. The van der Waals surface area contributed by atoms with E-state index in [0.29, 0.717) is 5.92 Å². The molecule has 0 spiro atoms. The van der Waals surface area contributed by atoms with Crippen molar-refractivity contribution in [3.05, 3.63) is 30.2 Å². The van der Waals surface area contributed by atoms with Gasteiger partial charge in [0.05, 0.1) is 23.8 Å². The summed E-state index contributed by atoms with van der Waals surface area (Å²) in [6, 6.07) is 4.36. The molecular formula is C17H24N2OS. The lowest BCUT2D eigenvalue weighted by molar-refractivity contribution is 0.505. The van der Waals surface area contributed by atoms with Gasteiger partial charge in [-0.3, -0.25) is 4.40 Å². The minimum Gasteiger partial charge on any atom is -0.407 e. The zero-order valence-corrected chi connectivity index (χ0v) is 13.7. The average molecular weight is 304 g/mol. The molecule has 1 atom stereocenters. The Labute approximate surface area is 131 Å². The van der Waals surface area contributed by atoms with Gasteiger partial charge in [0.2, 0.25) is 5.88 Å². The molecule has 2 aromatic heterocycles. The van der Waals surface area contributed by atoms with E-state index in [1.165, 1.54) is 37.7 Å². The topological polar surface area (TPSA) is 26.5 Å². The number of hydrogen-bond acceptors (Lipinski definition) is 3. The summed E-state index contributed by atoms with van der Waals surface area (Å²) in [5, 5.41) is 0. The third-order valence-electron chi connectivity index (χ3n) is 4.30. The molecule has 1 aliphatic rings. The van der Waals surface area contributed by atoms with Crippen molar-refractivity contribution in [1.29, 1.82) is 0 Å². The number of fused-ring (bicyclic) bond motifs is 1. The molecule has 0 amide bonds. The van der Waals surface area contributed by atoms with Crippen molar-refractivity contribution in [2.24, 2.45) is 5.92 Å². The minimum absolute atomic E-state index is 0.685. The lowest BCUT2D eigenvalue weighted by Crippen LogP contribution is -2.04. The van der Waals surface area contributed by atoms with Crippen LogP contribution < -0.4 is 4.18 Å². The van der Waals surface area contributed by atoms with E-state index < -0.39 is 0 Å². The molecule has 0 aliphatic heterocycles. The first-order valence-electron chi connectivity index (χ1n) is 8.07. The minimum atomic E-state index is 0.685. The Kier molecular flexibility index (Phi) is 4.73. The molecule has 3 nitrogen and oxygen atoms in total. The molecule has 0 saturated heterocycles. The molecule has 0 aromatic carbocycles. The van der Waals surface area contributed by atoms with Gasteiger partial charge in [0, 0.05) is 11.3 Å². The molecule has 4 heteroatoms. The number of imidazole rings is 1. The Morgan fingerprint density at radius 3 is 2.95 bits per heavy atom. The van der Waals surface area contributed by atoms with Crippen LogP contribution in [0.2, 0.25) is 0 Å². The van der Waals surface area contributed by atoms with Crippen molar-refractivity contribution in [2.75, 3.05) is 5.75 Å². The SMILES string of the molecule is CCCC(CC)CSOc1c(C2CC2)ccc2cncn12. The highest BCUT2D eigenvalue weighted by atomic mass is 32.2. The fraction of sp³-hybridized carbons (Fsp3) is 0.588. The summed E-state index contributed by atoms with van der Waals surface area (Å²) >= 11 is 1.61. The van der Waals surface area contributed by atoms with Crippen LogP contribution in [-0.2, 0) is 0 Å². The Bertz CT molecular complexity index is 591. The van der Waals surface area contributed by atoms with Crippen LogP contribution in [0.15, 0.2) is 24.7 Å². The Morgan fingerprint density at radius 2 is 2.24 bits per heavy atom.